The van der Waals surface area contributed by atoms with Crippen LogP contribution in [0.4, 0.5) is 10.1 Å². The number of carbonyl (C=O) groups is 1. The van der Waals surface area contributed by atoms with Crippen molar-refractivity contribution >= 4 is 11.6 Å². The van der Waals surface area contributed by atoms with Crippen LogP contribution in [0.15, 0.2) is 18.2 Å². The number of hydrogen-bond donors (Lipinski definition) is 2. The Morgan fingerprint density at radius 2 is 2.10 bits per heavy atom. The van der Waals surface area contributed by atoms with Gasteiger partial charge < -0.3 is 15.8 Å². The first-order valence-electron chi connectivity index (χ1n) is 6.84. The molecule has 3 N–H and O–H groups in total. The van der Waals surface area contributed by atoms with Crippen LogP contribution in [0.25, 0.3) is 0 Å². The number of carbonyl (C=O) groups excluding carboxylic acids is 1. The summed E-state index contributed by atoms with van der Waals surface area (Å²) >= 11 is 0. The molecule has 0 saturated carbocycles. The van der Waals surface area contributed by atoms with Crippen LogP contribution < -0.4 is 15.8 Å². The van der Waals surface area contributed by atoms with Crippen molar-refractivity contribution in [3.05, 3.63) is 24.0 Å². The molecule has 0 radical (unpaired) electrons. The van der Waals surface area contributed by atoms with Crippen molar-refractivity contribution in [3.63, 3.8) is 0 Å². The largest absolute Gasteiger partial charge is 0.497 e. The number of benzene rings is 1. The number of anilines is 1. The minimum absolute atomic E-state index is 0.140. The van der Waals surface area contributed by atoms with E-state index < -0.39 is 5.82 Å². The first-order chi connectivity index (χ1) is 9.43. The second-order valence-electron chi connectivity index (χ2n) is 5.14. The third kappa shape index (κ3) is 5.17. The number of nitrogens with one attached hydrogen (secondary N) is 1. The molecule has 0 aliphatic heterocycles. The normalized spacial score (nSPS) is 13.7. The Bertz CT molecular complexity index is 449. The van der Waals surface area contributed by atoms with Gasteiger partial charge >= 0.3 is 0 Å². The fourth-order valence-electron chi connectivity index (χ4n) is 1.86. The summed E-state index contributed by atoms with van der Waals surface area (Å²) in [7, 11) is 1.50. The van der Waals surface area contributed by atoms with Crippen molar-refractivity contribution in [2.75, 3.05) is 12.4 Å². The maximum atomic E-state index is 13.6. The maximum Gasteiger partial charge on any atom is 0.227 e. The zero-order valence-electron chi connectivity index (χ0n) is 12.3. The third-order valence-corrected chi connectivity index (χ3v) is 3.18. The van der Waals surface area contributed by atoms with Gasteiger partial charge in [0.1, 0.15) is 11.6 Å². The van der Waals surface area contributed by atoms with Gasteiger partial charge in [-0.15, -0.1) is 0 Å². The molecule has 0 spiro atoms. The van der Waals surface area contributed by atoms with E-state index in [4.69, 9.17) is 10.5 Å². The summed E-state index contributed by atoms with van der Waals surface area (Å²) in [6.07, 6.45) is 2.50. The van der Waals surface area contributed by atoms with E-state index in [1.54, 1.807) is 0 Å². The van der Waals surface area contributed by atoms with E-state index >= 15 is 0 Å². The number of halogens is 1. The van der Waals surface area contributed by atoms with Gasteiger partial charge in [-0.3, -0.25) is 4.79 Å². The Hall–Kier alpha value is -1.62. The molecule has 2 unspecified atom stereocenters. The molecule has 0 heterocycles. The van der Waals surface area contributed by atoms with Gasteiger partial charge in [0.05, 0.1) is 12.8 Å². The molecule has 1 rings (SSSR count). The van der Waals surface area contributed by atoms with Crippen molar-refractivity contribution in [3.8, 4) is 5.75 Å². The Morgan fingerprint density at radius 3 is 2.70 bits per heavy atom. The molecule has 1 aromatic carbocycles. The fraction of sp³-hybridized carbons (Fsp3) is 0.533. The number of methoxy groups -OCH3 is 1. The molecular weight excluding hydrogens is 259 g/mol. The molecule has 0 aliphatic carbocycles. The van der Waals surface area contributed by atoms with E-state index in [0.29, 0.717) is 5.75 Å². The molecule has 1 amide bonds. The molecule has 0 aromatic heterocycles. The van der Waals surface area contributed by atoms with E-state index in [-0.39, 0.29) is 23.6 Å². The van der Waals surface area contributed by atoms with Gasteiger partial charge in [0.2, 0.25) is 5.91 Å². The highest BCUT2D eigenvalue weighted by Crippen LogP contribution is 2.22. The molecule has 4 nitrogen and oxygen atoms in total. The number of ether oxygens (including phenoxy) is 1. The third-order valence-electron chi connectivity index (χ3n) is 3.18. The van der Waals surface area contributed by atoms with Crippen LogP contribution in [0.3, 0.4) is 0 Å². The number of nitrogens with two attached hydrogens (primary N) is 1. The van der Waals surface area contributed by atoms with E-state index in [1.165, 1.54) is 25.3 Å². The number of amides is 1. The lowest BCUT2D eigenvalue weighted by Crippen LogP contribution is -2.22. The second kappa shape index (κ2) is 7.85. The summed E-state index contributed by atoms with van der Waals surface area (Å²) in [6.45, 7) is 3.77. The molecule has 1 aromatic rings. The Labute approximate surface area is 119 Å². The minimum atomic E-state index is -0.470. The van der Waals surface area contributed by atoms with Gasteiger partial charge in [-0.25, -0.2) is 4.39 Å². The van der Waals surface area contributed by atoms with Crippen LogP contribution >= 0.6 is 0 Å². The Morgan fingerprint density at radius 1 is 1.40 bits per heavy atom. The number of rotatable bonds is 7. The standard InChI is InChI=1S/C15H23FN2O2/c1-10(5-4-6-11(2)17)15(19)18-14-9-12(20-3)7-8-13(14)16/h7-11H,4-6,17H2,1-3H3,(H,18,19). The SMILES string of the molecule is COc1ccc(F)c(NC(=O)C(C)CCCC(C)N)c1. The molecular formula is C15H23FN2O2. The molecule has 0 bridgehead atoms. The zero-order chi connectivity index (χ0) is 15.1. The topological polar surface area (TPSA) is 64.3 Å². The lowest BCUT2D eigenvalue weighted by molar-refractivity contribution is -0.119. The second-order valence-corrected chi connectivity index (χ2v) is 5.14. The summed E-state index contributed by atoms with van der Waals surface area (Å²) in [5, 5.41) is 2.60. The van der Waals surface area contributed by atoms with Crippen LogP contribution in [0.5, 0.6) is 5.75 Å². The highest BCUT2D eigenvalue weighted by atomic mass is 19.1. The number of hydrogen-bond acceptors (Lipinski definition) is 3. The van der Waals surface area contributed by atoms with E-state index in [0.717, 1.165) is 19.3 Å². The van der Waals surface area contributed by atoms with Crippen LogP contribution in [-0.4, -0.2) is 19.1 Å². The molecule has 0 aliphatic rings. The quantitative estimate of drug-likeness (QED) is 0.808. The molecule has 20 heavy (non-hydrogen) atoms. The van der Waals surface area contributed by atoms with E-state index in [1.807, 2.05) is 13.8 Å². The van der Waals surface area contributed by atoms with Crippen molar-refractivity contribution in [2.24, 2.45) is 11.7 Å². The van der Waals surface area contributed by atoms with Crippen molar-refractivity contribution in [1.29, 1.82) is 0 Å². The first-order valence-corrected chi connectivity index (χ1v) is 6.84. The summed E-state index contributed by atoms with van der Waals surface area (Å²) in [5.74, 6) is -0.339. The van der Waals surface area contributed by atoms with E-state index in [9.17, 15) is 9.18 Å². The van der Waals surface area contributed by atoms with Gasteiger partial charge in [0, 0.05) is 18.0 Å². The highest BCUT2D eigenvalue weighted by Gasteiger charge is 2.15. The van der Waals surface area contributed by atoms with Crippen molar-refractivity contribution in [2.45, 2.75) is 39.2 Å². The van der Waals surface area contributed by atoms with Crippen molar-refractivity contribution < 1.29 is 13.9 Å². The van der Waals surface area contributed by atoms with Crippen LogP contribution in [0.1, 0.15) is 33.1 Å². The lowest BCUT2D eigenvalue weighted by Gasteiger charge is -2.14. The highest BCUT2D eigenvalue weighted by molar-refractivity contribution is 5.92. The van der Waals surface area contributed by atoms with Gasteiger partial charge in [-0.1, -0.05) is 13.3 Å². The zero-order valence-corrected chi connectivity index (χ0v) is 12.3. The average molecular weight is 282 g/mol. The lowest BCUT2D eigenvalue weighted by atomic mass is 10.0. The molecule has 112 valence electrons. The summed E-state index contributed by atoms with van der Waals surface area (Å²) in [5.41, 5.74) is 5.81. The smallest absolute Gasteiger partial charge is 0.227 e. The predicted octanol–water partition coefficient (Wildman–Crippen LogP) is 2.93. The Kier molecular flexibility index (Phi) is 6.45. The predicted molar refractivity (Wildman–Crippen MR) is 78.2 cm³/mol. The van der Waals surface area contributed by atoms with Gasteiger partial charge in [-0.05, 0) is 31.9 Å². The summed E-state index contributed by atoms with van der Waals surface area (Å²) in [6, 6.07) is 4.40. The van der Waals surface area contributed by atoms with E-state index in [2.05, 4.69) is 5.32 Å². The fourth-order valence-corrected chi connectivity index (χ4v) is 1.86. The summed E-state index contributed by atoms with van der Waals surface area (Å²) in [4.78, 5) is 12.0. The maximum absolute atomic E-state index is 13.6. The minimum Gasteiger partial charge on any atom is -0.497 e. The average Bonchev–Trinajstić information content (AvgIpc) is 2.40. The molecule has 0 fully saturated rings. The van der Waals surface area contributed by atoms with Crippen LogP contribution in [0.2, 0.25) is 0 Å². The van der Waals surface area contributed by atoms with Crippen LogP contribution in [0, 0.1) is 11.7 Å². The first kappa shape index (κ1) is 16.4. The van der Waals surface area contributed by atoms with Gasteiger partial charge in [0.25, 0.3) is 0 Å². The van der Waals surface area contributed by atoms with Crippen molar-refractivity contribution in [1.82, 2.24) is 0 Å². The molecule has 2 atom stereocenters. The van der Waals surface area contributed by atoms with Crippen LogP contribution in [-0.2, 0) is 4.79 Å². The van der Waals surface area contributed by atoms with Gasteiger partial charge in [0.15, 0.2) is 0 Å². The summed E-state index contributed by atoms with van der Waals surface area (Å²) < 4.78 is 18.6. The monoisotopic (exact) mass is 282 g/mol. The Balaban J connectivity index is 2.56. The molecule has 5 heteroatoms. The molecule has 0 saturated heterocycles. The van der Waals surface area contributed by atoms with Gasteiger partial charge in [-0.2, -0.15) is 0 Å².